The first-order valence-electron chi connectivity index (χ1n) is 7.53. The van der Waals surface area contributed by atoms with Gasteiger partial charge >= 0.3 is 0 Å². The minimum absolute atomic E-state index is 0.0632. The molecule has 0 aliphatic heterocycles. The van der Waals surface area contributed by atoms with Crippen LogP contribution in [0.15, 0.2) is 12.1 Å². The summed E-state index contributed by atoms with van der Waals surface area (Å²) in [6, 6.07) is 4.45. The second kappa shape index (κ2) is 4.08. The highest BCUT2D eigenvalue weighted by Gasteiger charge is 2.66. The minimum Gasteiger partial charge on any atom is -0.392 e. The molecule has 18 heavy (non-hydrogen) atoms. The zero-order valence-corrected chi connectivity index (χ0v) is 11.8. The van der Waals surface area contributed by atoms with E-state index < -0.39 is 0 Å². The Morgan fingerprint density at radius 2 is 1.89 bits per heavy atom. The lowest BCUT2D eigenvalue weighted by atomic mass is 9.97. The number of aliphatic hydroxyl groups excluding tert-OH is 1. The van der Waals surface area contributed by atoms with Crippen LogP contribution in [0.2, 0.25) is 0 Å². The summed E-state index contributed by atoms with van der Waals surface area (Å²) in [5, 5.41) is 10.5. The van der Waals surface area contributed by atoms with E-state index in [4.69, 9.17) is 0 Å². The number of aliphatic hydroxyl groups is 1. The van der Waals surface area contributed by atoms with Crippen molar-refractivity contribution >= 4 is 11.3 Å². The average Bonchev–Trinajstić information content (AvgIpc) is 2.73. The van der Waals surface area contributed by atoms with Crippen molar-refractivity contribution in [2.45, 2.75) is 45.1 Å². The van der Waals surface area contributed by atoms with Gasteiger partial charge in [-0.05, 0) is 67.4 Å². The van der Waals surface area contributed by atoms with Crippen molar-refractivity contribution in [2.24, 2.45) is 29.6 Å². The summed E-state index contributed by atoms with van der Waals surface area (Å²) >= 11 is 1.89. The SMILES string of the molecule is CCc1ccc(CC(O)C2C3C4CCC(C4)C23)s1. The molecule has 98 valence electrons. The number of hydrogen-bond acceptors (Lipinski definition) is 2. The highest BCUT2D eigenvalue weighted by Crippen LogP contribution is 2.70. The molecule has 1 aromatic rings. The number of rotatable bonds is 4. The van der Waals surface area contributed by atoms with Crippen LogP contribution in [0.4, 0.5) is 0 Å². The molecule has 0 aromatic carbocycles. The molecule has 0 saturated heterocycles. The molecule has 4 rings (SSSR count). The van der Waals surface area contributed by atoms with Crippen molar-refractivity contribution < 1.29 is 5.11 Å². The van der Waals surface area contributed by atoms with Gasteiger partial charge in [-0.3, -0.25) is 0 Å². The zero-order valence-electron chi connectivity index (χ0n) is 11.0. The van der Waals surface area contributed by atoms with E-state index in [2.05, 4.69) is 19.1 Å². The first kappa shape index (κ1) is 11.5. The normalized spacial score (nSPS) is 42.0. The van der Waals surface area contributed by atoms with Crippen LogP contribution in [0.3, 0.4) is 0 Å². The van der Waals surface area contributed by atoms with Crippen molar-refractivity contribution in [3.63, 3.8) is 0 Å². The first-order valence-corrected chi connectivity index (χ1v) is 8.35. The fourth-order valence-electron chi connectivity index (χ4n) is 4.97. The van der Waals surface area contributed by atoms with Gasteiger partial charge in [-0.15, -0.1) is 11.3 Å². The van der Waals surface area contributed by atoms with Crippen molar-refractivity contribution in [1.82, 2.24) is 0 Å². The molecule has 1 aromatic heterocycles. The number of fused-ring (bicyclic) bond motifs is 5. The molecule has 3 aliphatic carbocycles. The molecule has 5 atom stereocenters. The van der Waals surface area contributed by atoms with Crippen molar-refractivity contribution in [2.75, 3.05) is 0 Å². The summed E-state index contributed by atoms with van der Waals surface area (Å²) in [6.07, 6.45) is 6.35. The maximum atomic E-state index is 10.5. The van der Waals surface area contributed by atoms with Gasteiger partial charge in [-0.1, -0.05) is 6.92 Å². The Balaban J connectivity index is 1.41. The van der Waals surface area contributed by atoms with Gasteiger partial charge in [0.2, 0.25) is 0 Å². The van der Waals surface area contributed by atoms with Crippen LogP contribution < -0.4 is 0 Å². The lowest BCUT2D eigenvalue weighted by molar-refractivity contribution is 0.129. The molecular weight excluding hydrogens is 240 g/mol. The summed E-state index contributed by atoms with van der Waals surface area (Å²) in [4.78, 5) is 2.84. The Kier molecular flexibility index (Phi) is 2.60. The summed E-state index contributed by atoms with van der Waals surface area (Å²) in [7, 11) is 0. The summed E-state index contributed by atoms with van der Waals surface area (Å²) in [5.41, 5.74) is 0. The van der Waals surface area contributed by atoms with E-state index in [-0.39, 0.29) is 6.10 Å². The molecule has 2 heteroatoms. The monoisotopic (exact) mass is 262 g/mol. The van der Waals surface area contributed by atoms with Crippen LogP contribution in [0.5, 0.6) is 0 Å². The molecule has 1 nitrogen and oxygen atoms in total. The van der Waals surface area contributed by atoms with Gasteiger partial charge in [-0.25, -0.2) is 0 Å². The smallest absolute Gasteiger partial charge is 0.0622 e. The number of hydrogen-bond donors (Lipinski definition) is 1. The Hall–Kier alpha value is -0.340. The van der Waals surface area contributed by atoms with Gasteiger partial charge in [0, 0.05) is 16.2 Å². The number of aryl methyl sites for hydroxylation is 1. The fourth-order valence-corrected chi connectivity index (χ4v) is 5.98. The maximum Gasteiger partial charge on any atom is 0.0622 e. The highest BCUT2D eigenvalue weighted by atomic mass is 32.1. The van der Waals surface area contributed by atoms with Crippen molar-refractivity contribution in [1.29, 1.82) is 0 Å². The summed E-state index contributed by atoms with van der Waals surface area (Å²) in [5.74, 6) is 4.43. The second-order valence-electron chi connectivity index (χ2n) is 6.56. The van der Waals surface area contributed by atoms with E-state index >= 15 is 0 Å². The molecule has 0 amide bonds. The zero-order chi connectivity index (χ0) is 12.3. The molecular formula is C16H22OS. The Morgan fingerprint density at radius 3 is 2.50 bits per heavy atom. The molecule has 1 heterocycles. The highest BCUT2D eigenvalue weighted by molar-refractivity contribution is 7.11. The molecule has 0 spiro atoms. The van der Waals surface area contributed by atoms with Gasteiger partial charge in [0.25, 0.3) is 0 Å². The van der Waals surface area contributed by atoms with E-state index in [1.165, 1.54) is 29.0 Å². The minimum atomic E-state index is -0.0632. The quantitative estimate of drug-likeness (QED) is 0.880. The number of thiophene rings is 1. The largest absolute Gasteiger partial charge is 0.392 e. The third-order valence-electron chi connectivity index (χ3n) is 5.72. The molecule has 5 unspecified atom stereocenters. The molecule has 3 aliphatic rings. The fraction of sp³-hybridized carbons (Fsp3) is 0.750. The van der Waals surface area contributed by atoms with Crippen LogP contribution in [-0.2, 0) is 12.8 Å². The van der Waals surface area contributed by atoms with Gasteiger partial charge in [0.1, 0.15) is 0 Å². The summed E-state index contributed by atoms with van der Waals surface area (Å²) in [6.45, 7) is 2.20. The molecule has 0 radical (unpaired) electrons. The Bertz CT molecular complexity index is 436. The third kappa shape index (κ3) is 1.61. The lowest BCUT2D eigenvalue weighted by Crippen LogP contribution is -2.17. The topological polar surface area (TPSA) is 20.2 Å². The van der Waals surface area contributed by atoms with Crippen LogP contribution in [0.25, 0.3) is 0 Å². The Morgan fingerprint density at radius 1 is 1.22 bits per heavy atom. The van der Waals surface area contributed by atoms with E-state index in [1.807, 2.05) is 11.3 Å². The third-order valence-corrected chi connectivity index (χ3v) is 6.97. The molecule has 2 bridgehead atoms. The van der Waals surface area contributed by atoms with Gasteiger partial charge in [-0.2, -0.15) is 0 Å². The van der Waals surface area contributed by atoms with Gasteiger partial charge in [0.15, 0.2) is 0 Å². The van der Waals surface area contributed by atoms with Crippen LogP contribution in [0.1, 0.15) is 35.9 Å². The van der Waals surface area contributed by atoms with Crippen molar-refractivity contribution in [3.8, 4) is 0 Å². The van der Waals surface area contributed by atoms with Crippen LogP contribution in [0, 0.1) is 29.6 Å². The molecule has 3 saturated carbocycles. The average molecular weight is 262 g/mol. The van der Waals surface area contributed by atoms with Crippen molar-refractivity contribution in [3.05, 3.63) is 21.9 Å². The predicted octanol–water partition coefficient (Wildman–Crippen LogP) is 3.51. The van der Waals surface area contributed by atoms with Gasteiger partial charge in [0.05, 0.1) is 6.10 Å². The molecule has 3 fully saturated rings. The summed E-state index contributed by atoms with van der Waals surface area (Å²) < 4.78 is 0. The van der Waals surface area contributed by atoms with E-state index in [1.54, 1.807) is 0 Å². The first-order chi connectivity index (χ1) is 8.78. The van der Waals surface area contributed by atoms with E-state index in [0.717, 1.165) is 36.5 Å². The second-order valence-corrected chi connectivity index (χ2v) is 7.81. The molecule has 1 N–H and O–H groups in total. The van der Waals surface area contributed by atoms with Crippen LogP contribution in [-0.4, -0.2) is 11.2 Å². The lowest BCUT2D eigenvalue weighted by Gasteiger charge is -2.14. The maximum absolute atomic E-state index is 10.5. The van der Waals surface area contributed by atoms with E-state index in [0.29, 0.717) is 5.92 Å². The Labute approximate surface area is 113 Å². The van der Waals surface area contributed by atoms with E-state index in [9.17, 15) is 5.11 Å². The predicted molar refractivity (Wildman–Crippen MR) is 74.7 cm³/mol. The van der Waals surface area contributed by atoms with Crippen LogP contribution >= 0.6 is 11.3 Å². The van der Waals surface area contributed by atoms with Gasteiger partial charge < -0.3 is 5.11 Å². The standard InChI is InChI=1S/C16H22OS/c1-2-11-5-6-12(18-11)8-13(17)16-14-9-3-4-10(7-9)15(14)16/h5-6,9-10,13-17H,2-4,7-8H2,1H3.